The van der Waals surface area contributed by atoms with Crippen molar-refractivity contribution in [1.29, 1.82) is 0 Å². The van der Waals surface area contributed by atoms with E-state index in [1.165, 1.54) is 11.1 Å². The Morgan fingerprint density at radius 1 is 1.14 bits per heavy atom. The van der Waals surface area contributed by atoms with Gasteiger partial charge < -0.3 is 5.32 Å². The summed E-state index contributed by atoms with van der Waals surface area (Å²) in [6.45, 7) is 4.04. The molecular formula is C21H27ClN2O3S2. The molecule has 0 saturated carbocycles. The van der Waals surface area contributed by atoms with E-state index in [4.69, 9.17) is 11.6 Å². The zero-order valence-corrected chi connectivity index (χ0v) is 19.3. The lowest BCUT2D eigenvalue weighted by molar-refractivity contribution is -0.119. The number of thioether (sulfide) groups is 1. The first kappa shape index (κ1) is 23.6. The first-order valence-corrected chi connectivity index (χ1v) is 12.7. The van der Waals surface area contributed by atoms with Crippen LogP contribution < -0.4 is 9.62 Å². The molecule has 2 rings (SSSR count). The van der Waals surface area contributed by atoms with Crippen molar-refractivity contribution < 1.29 is 13.2 Å². The second kappa shape index (κ2) is 10.9. The van der Waals surface area contributed by atoms with Crippen molar-refractivity contribution in [3.8, 4) is 0 Å². The molecule has 29 heavy (non-hydrogen) atoms. The number of nitrogens with one attached hydrogen (secondary N) is 1. The summed E-state index contributed by atoms with van der Waals surface area (Å²) in [6.07, 6.45) is 1.90. The van der Waals surface area contributed by atoms with Gasteiger partial charge in [-0.3, -0.25) is 9.10 Å². The lowest BCUT2D eigenvalue weighted by atomic mass is 10.2. The SMILES string of the molecule is Cc1ccc(CSCCCNC(=O)CN(c2cccc(Cl)c2C)S(C)(=O)=O)cc1. The number of halogens is 1. The predicted octanol–water partition coefficient (Wildman–Crippen LogP) is 4.16. The number of hydrogen-bond acceptors (Lipinski definition) is 4. The van der Waals surface area contributed by atoms with Gasteiger partial charge in [-0.2, -0.15) is 11.8 Å². The number of aryl methyl sites for hydroxylation is 1. The zero-order valence-electron chi connectivity index (χ0n) is 16.9. The fourth-order valence-electron chi connectivity index (χ4n) is 2.71. The maximum atomic E-state index is 12.3. The van der Waals surface area contributed by atoms with Gasteiger partial charge in [0.2, 0.25) is 15.9 Å². The van der Waals surface area contributed by atoms with Crippen LogP contribution in [-0.4, -0.2) is 39.4 Å². The van der Waals surface area contributed by atoms with E-state index in [1.54, 1.807) is 25.1 Å². The third-order valence-corrected chi connectivity index (χ3v) is 7.02. The molecular weight excluding hydrogens is 428 g/mol. The van der Waals surface area contributed by atoms with Crippen LogP contribution in [-0.2, 0) is 20.6 Å². The third-order valence-electron chi connectivity index (χ3n) is 4.37. The highest BCUT2D eigenvalue weighted by Crippen LogP contribution is 2.27. The number of sulfonamides is 1. The smallest absolute Gasteiger partial charge is 0.240 e. The summed E-state index contributed by atoms with van der Waals surface area (Å²) in [5.74, 6) is 1.51. The van der Waals surface area contributed by atoms with Gasteiger partial charge in [-0.25, -0.2) is 8.42 Å². The summed E-state index contributed by atoms with van der Waals surface area (Å²) in [6, 6.07) is 13.5. The minimum atomic E-state index is -3.62. The minimum absolute atomic E-state index is 0.267. The largest absolute Gasteiger partial charge is 0.354 e. The van der Waals surface area contributed by atoms with Crippen molar-refractivity contribution in [1.82, 2.24) is 5.32 Å². The van der Waals surface area contributed by atoms with E-state index < -0.39 is 10.0 Å². The molecule has 158 valence electrons. The molecule has 1 amide bonds. The second-order valence-electron chi connectivity index (χ2n) is 6.90. The van der Waals surface area contributed by atoms with Crippen LogP contribution in [0.1, 0.15) is 23.1 Å². The average Bonchev–Trinajstić information content (AvgIpc) is 2.66. The molecule has 0 heterocycles. The molecule has 0 atom stereocenters. The highest BCUT2D eigenvalue weighted by Gasteiger charge is 2.22. The van der Waals surface area contributed by atoms with Gasteiger partial charge in [0.1, 0.15) is 6.54 Å². The van der Waals surface area contributed by atoms with E-state index in [0.29, 0.717) is 22.8 Å². The Hall–Kier alpha value is -1.70. The molecule has 0 aliphatic carbocycles. The van der Waals surface area contributed by atoms with Gasteiger partial charge in [0, 0.05) is 17.3 Å². The molecule has 0 spiro atoms. The summed E-state index contributed by atoms with van der Waals surface area (Å²) in [5, 5.41) is 3.26. The second-order valence-corrected chi connectivity index (χ2v) is 10.3. The lowest BCUT2D eigenvalue weighted by Gasteiger charge is -2.24. The zero-order chi connectivity index (χ0) is 21.4. The molecule has 0 fully saturated rings. The van der Waals surface area contributed by atoms with E-state index in [0.717, 1.165) is 28.5 Å². The van der Waals surface area contributed by atoms with Gasteiger partial charge in [-0.05, 0) is 49.3 Å². The summed E-state index contributed by atoms with van der Waals surface area (Å²) < 4.78 is 25.5. The van der Waals surface area contributed by atoms with E-state index >= 15 is 0 Å². The van der Waals surface area contributed by atoms with Crippen molar-refractivity contribution >= 4 is 45.0 Å². The molecule has 0 aromatic heterocycles. The average molecular weight is 455 g/mol. The molecule has 0 saturated heterocycles. The van der Waals surface area contributed by atoms with Gasteiger partial charge in [-0.15, -0.1) is 0 Å². The highest BCUT2D eigenvalue weighted by atomic mass is 35.5. The Morgan fingerprint density at radius 2 is 1.83 bits per heavy atom. The van der Waals surface area contributed by atoms with Crippen LogP contribution >= 0.6 is 23.4 Å². The van der Waals surface area contributed by atoms with E-state index in [1.807, 2.05) is 11.8 Å². The Bertz CT molecular complexity index is 931. The number of nitrogens with zero attached hydrogens (tertiary/aromatic N) is 1. The van der Waals surface area contributed by atoms with Gasteiger partial charge >= 0.3 is 0 Å². The lowest BCUT2D eigenvalue weighted by Crippen LogP contribution is -2.41. The quantitative estimate of drug-likeness (QED) is 0.547. The van der Waals surface area contributed by atoms with Crippen molar-refractivity contribution in [3.05, 3.63) is 64.2 Å². The fourth-order valence-corrected chi connectivity index (χ4v) is 4.71. The third kappa shape index (κ3) is 7.57. The summed E-state index contributed by atoms with van der Waals surface area (Å²) in [4.78, 5) is 12.3. The Balaban J connectivity index is 1.80. The van der Waals surface area contributed by atoms with Crippen molar-refractivity contribution in [2.24, 2.45) is 0 Å². The monoisotopic (exact) mass is 454 g/mol. The molecule has 2 aromatic rings. The number of rotatable bonds is 10. The number of carbonyl (C=O) groups is 1. The minimum Gasteiger partial charge on any atom is -0.354 e. The number of benzene rings is 2. The van der Waals surface area contributed by atoms with Crippen molar-refractivity contribution in [2.45, 2.75) is 26.0 Å². The molecule has 0 aliphatic rings. The maximum absolute atomic E-state index is 12.3. The fraction of sp³-hybridized carbons (Fsp3) is 0.381. The number of amides is 1. The molecule has 0 radical (unpaired) electrons. The summed E-state index contributed by atoms with van der Waals surface area (Å²) >= 11 is 7.91. The van der Waals surface area contributed by atoms with Crippen LogP contribution in [0.15, 0.2) is 42.5 Å². The standard InChI is InChI=1S/C21H27ClN2O3S2/c1-16-8-10-18(11-9-16)15-28-13-5-12-23-21(25)14-24(29(3,26)27)20-7-4-6-19(22)17(20)2/h4,6-11H,5,12-15H2,1-3H3,(H,23,25). The molecule has 5 nitrogen and oxygen atoms in total. The first-order chi connectivity index (χ1) is 13.7. The van der Waals surface area contributed by atoms with Crippen LogP contribution in [0.25, 0.3) is 0 Å². The van der Waals surface area contributed by atoms with E-state index in [2.05, 4.69) is 36.5 Å². The molecule has 0 unspecified atom stereocenters. The number of carbonyl (C=O) groups excluding carboxylic acids is 1. The Kier molecular flexibility index (Phi) is 8.86. The topological polar surface area (TPSA) is 66.5 Å². The van der Waals surface area contributed by atoms with E-state index in [9.17, 15) is 13.2 Å². The van der Waals surface area contributed by atoms with Crippen LogP contribution in [0.2, 0.25) is 5.02 Å². The predicted molar refractivity (Wildman–Crippen MR) is 123 cm³/mol. The van der Waals surface area contributed by atoms with Crippen molar-refractivity contribution in [2.75, 3.05) is 29.4 Å². The number of hydrogen-bond donors (Lipinski definition) is 1. The van der Waals surface area contributed by atoms with Crippen LogP contribution in [0.5, 0.6) is 0 Å². The van der Waals surface area contributed by atoms with Gasteiger partial charge in [0.15, 0.2) is 0 Å². The summed E-state index contributed by atoms with van der Waals surface area (Å²) in [7, 11) is -3.62. The van der Waals surface area contributed by atoms with Gasteiger partial charge in [0.25, 0.3) is 0 Å². The van der Waals surface area contributed by atoms with Crippen LogP contribution in [0, 0.1) is 13.8 Å². The molecule has 0 bridgehead atoms. The first-order valence-electron chi connectivity index (χ1n) is 9.31. The van der Waals surface area contributed by atoms with E-state index in [-0.39, 0.29) is 12.5 Å². The molecule has 1 N–H and O–H groups in total. The van der Waals surface area contributed by atoms with Crippen LogP contribution in [0.4, 0.5) is 5.69 Å². The van der Waals surface area contributed by atoms with Crippen molar-refractivity contribution in [3.63, 3.8) is 0 Å². The summed E-state index contributed by atoms with van der Waals surface area (Å²) in [5.41, 5.74) is 3.58. The molecule has 0 aliphatic heterocycles. The van der Waals surface area contributed by atoms with Gasteiger partial charge in [-0.1, -0.05) is 47.5 Å². The highest BCUT2D eigenvalue weighted by molar-refractivity contribution is 7.98. The molecule has 2 aromatic carbocycles. The normalized spacial score (nSPS) is 11.3. The maximum Gasteiger partial charge on any atom is 0.240 e. The Morgan fingerprint density at radius 3 is 2.48 bits per heavy atom. The molecule has 8 heteroatoms. The van der Waals surface area contributed by atoms with Gasteiger partial charge in [0.05, 0.1) is 11.9 Å². The Labute approximate surface area is 182 Å². The number of anilines is 1. The van der Waals surface area contributed by atoms with Crippen LogP contribution in [0.3, 0.4) is 0 Å².